The molecule has 31 heavy (non-hydrogen) atoms. The Hall–Kier alpha value is -3.91. The van der Waals surface area contributed by atoms with Gasteiger partial charge in [-0.1, -0.05) is 12.1 Å². The predicted octanol–water partition coefficient (Wildman–Crippen LogP) is 3.28. The molecule has 0 spiro atoms. The van der Waals surface area contributed by atoms with Crippen LogP contribution in [0.15, 0.2) is 59.9 Å². The Labute approximate surface area is 178 Å². The van der Waals surface area contributed by atoms with E-state index in [1.165, 1.54) is 6.08 Å². The number of carboxylic acid groups (broad SMARTS) is 1. The van der Waals surface area contributed by atoms with E-state index < -0.39 is 17.3 Å². The molecule has 0 saturated carbocycles. The highest BCUT2D eigenvalue weighted by molar-refractivity contribution is 6.26. The maximum Gasteiger partial charge on any atom is 0.345 e. The summed E-state index contributed by atoms with van der Waals surface area (Å²) in [4.78, 5) is 33.8. The van der Waals surface area contributed by atoms with Gasteiger partial charge < -0.3 is 25.0 Å². The molecule has 0 amide bonds. The highest BCUT2D eigenvalue weighted by Gasteiger charge is 2.36. The van der Waals surface area contributed by atoms with Gasteiger partial charge in [-0.05, 0) is 56.4 Å². The van der Waals surface area contributed by atoms with Crippen LogP contribution in [0.1, 0.15) is 16.7 Å². The molecule has 0 radical (unpaired) electrons. The zero-order valence-corrected chi connectivity index (χ0v) is 17.4. The number of Topliss-reactive ketones (excluding diaryl/α,β-unsaturated/α-hetero) is 1. The summed E-state index contributed by atoms with van der Waals surface area (Å²) in [5.41, 5.74) is 3.62. The number of H-pyrrole nitrogens is 1. The van der Waals surface area contributed by atoms with Crippen LogP contribution in [0.25, 0.3) is 17.1 Å². The Bertz CT molecular complexity index is 1250. The molecule has 0 atom stereocenters. The van der Waals surface area contributed by atoms with E-state index >= 15 is 0 Å². The number of hydrogen-bond donors (Lipinski definition) is 3. The molecule has 1 aliphatic rings. The standard InChI is InChI=1S/C23H22N4O4/c1-13-9-14(12-27(2)3)6-7-17(13)26-22-19(23(29)30)20(28)18(31-22)10-15-11-25-21-16(15)5-4-8-24-21/h4-11,26H,12H2,1-3H3,(H,24,25)(H,29,30)/b18-10-. The van der Waals surface area contributed by atoms with Crippen molar-refractivity contribution in [1.82, 2.24) is 14.9 Å². The monoisotopic (exact) mass is 418 g/mol. The number of benzene rings is 1. The van der Waals surface area contributed by atoms with Crippen molar-refractivity contribution in [1.29, 1.82) is 0 Å². The van der Waals surface area contributed by atoms with E-state index in [-0.39, 0.29) is 11.6 Å². The Balaban J connectivity index is 1.64. The lowest BCUT2D eigenvalue weighted by molar-refractivity contribution is -0.134. The van der Waals surface area contributed by atoms with Crippen LogP contribution in [0.4, 0.5) is 5.69 Å². The molecule has 4 rings (SSSR count). The quantitative estimate of drug-likeness (QED) is 0.416. The first kappa shape index (κ1) is 20.4. The third-order valence-electron chi connectivity index (χ3n) is 4.91. The van der Waals surface area contributed by atoms with Gasteiger partial charge in [0.25, 0.3) is 0 Å². The van der Waals surface area contributed by atoms with E-state index in [4.69, 9.17) is 4.74 Å². The van der Waals surface area contributed by atoms with Crippen LogP contribution in [0.3, 0.4) is 0 Å². The zero-order valence-electron chi connectivity index (χ0n) is 17.4. The number of aliphatic carboxylic acids is 1. The van der Waals surface area contributed by atoms with Crippen molar-refractivity contribution in [2.45, 2.75) is 13.5 Å². The molecule has 3 aromatic rings. The van der Waals surface area contributed by atoms with Gasteiger partial charge in [0.1, 0.15) is 5.65 Å². The second-order valence-corrected chi connectivity index (χ2v) is 7.60. The van der Waals surface area contributed by atoms with Crippen LogP contribution < -0.4 is 5.32 Å². The average molecular weight is 418 g/mol. The number of carbonyl (C=O) groups excluding carboxylic acids is 1. The van der Waals surface area contributed by atoms with E-state index in [1.807, 2.05) is 45.3 Å². The van der Waals surface area contributed by atoms with Crippen molar-refractivity contribution >= 4 is 34.5 Å². The van der Waals surface area contributed by atoms with Gasteiger partial charge in [0.2, 0.25) is 11.7 Å². The molecule has 0 fully saturated rings. The molecule has 3 N–H and O–H groups in total. The van der Waals surface area contributed by atoms with Gasteiger partial charge in [0.15, 0.2) is 11.3 Å². The number of ketones is 1. The van der Waals surface area contributed by atoms with E-state index in [2.05, 4.69) is 20.2 Å². The summed E-state index contributed by atoms with van der Waals surface area (Å²) >= 11 is 0. The number of nitrogens with one attached hydrogen (secondary N) is 2. The van der Waals surface area contributed by atoms with Gasteiger partial charge in [-0.2, -0.15) is 0 Å². The minimum absolute atomic E-state index is 0.0634. The van der Waals surface area contributed by atoms with Crippen LogP contribution in [-0.4, -0.2) is 45.8 Å². The molecule has 8 nitrogen and oxygen atoms in total. The Kier molecular flexibility index (Phi) is 5.31. The number of hydrogen-bond acceptors (Lipinski definition) is 6. The van der Waals surface area contributed by atoms with Crippen molar-refractivity contribution in [2.75, 3.05) is 19.4 Å². The maximum atomic E-state index is 12.8. The fraction of sp³-hybridized carbons (Fsp3) is 0.174. The van der Waals surface area contributed by atoms with Crippen molar-refractivity contribution < 1.29 is 19.4 Å². The van der Waals surface area contributed by atoms with E-state index in [9.17, 15) is 14.7 Å². The summed E-state index contributed by atoms with van der Waals surface area (Å²) in [5, 5.41) is 13.4. The summed E-state index contributed by atoms with van der Waals surface area (Å²) in [6.07, 6.45) is 4.87. The Morgan fingerprint density at radius 2 is 2.13 bits per heavy atom. The normalized spacial score (nSPS) is 15.2. The molecule has 1 aliphatic heterocycles. The fourth-order valence-electron chi connectivity index (χ4n) is 3.50. The van der Waals surface area contributed by atoms with E-state index in [0.29, 0.717) is 16.9 Å². The molecule has 0 bridgehead atoms. The number of pyridine rings is 1. The summed E-state index contributed by atoms with van der Waals surface area (Å²) < 4.78 is 5.68. The number of rotatable bonds is 6. The topological polar surface area (TPSA) is 108 Å². The van der Waals surface area contributed by atoms with Crippen molar-refractivity contribution in [2.24, 2.45) is 0 Å². The Morgan fingerprint density at radius 1 is 1.32 bits per heavy atom. The van der Waals surface area contributed by atoms with Crippen LogP contribution in [0.2, 0.25) is 0 Å². The van der Waals surface area contributed by atoms with Gasteiger partial charge in [-0.25, -0.2) is 9.78 Å². The van der Waals surface area contributed by atoms with Crippen LogP contribution in [-0.2, 0) is 20.9 Å². The first-order valence-electron chi connectivity index (χ1n) is 9.68. The molecular weight excluding hydrogens is 396 g/mol. The lowest BCUT2D eigenvalue weighted by Crippen LogP contribution is -2.13. The van der Waals surface area contributed by atoms with Gasteiger partial charge in [0.05, 0.1) is 0 Å². The minimum atomic E-state index is -1.35. The molecule has 1 aromatic carbocycles. The largest absolute Gasteiger partial charge is 0.477 e. The predicted molar refractivity (Wildman–Crippen MR) is 117 cm³/mol. The highest BCUT2D eigenvalue weighted by atomic mass is 16.5. The van der Waals surface area contributed by atoms with Crippen LogP contribution in [0, 0.1) is 6.92 Å². The van der Waals surface area contributed by atoms with Gasteiger partial charge in [-0.3, -0.25) is 4.79 Å². The molecule has 0 unspecified atom stereocenters. The fourth-order valence-corrected chi connectivity index (χ4v) is 3.50. The third-order valence-corrected chi connectivity index (χ3v) is 4.91. The maximum absolute atomic E-state index is 12.8. The number of ether oxygens (including phenoxy) is 1. The lowest BCUT2D eigenvalue weighted by Gasteiger charge is -2.14. The number of fused-ring (bicyclic) bond motifs is 1. The third kappa shape index (κ3) is 4.06. The number of carboxylic acids is 1. The van der Waals surface area contributed by atoms with Crippen molar-refractivity contribution in [3.63, 3.8) is 0 Å². The summed E-state index contributed by atoms with van der Waals surface area (Å²) in [5.74, 6) is -2.19. The van der Waals surface area contributed by atoms with Crippen LogP contribution in [0.5, 0.6) is 0 Å². The summed E-state index contributed by atoms with van der Waals surface area (Å²) in [6, 6.07) is 9.44. The number of anilines is 1. The summed E-state index contributed by atoms with van der Waals surface area (Å²) in [6.45, 7) is 2.69. The number of aromatic nitrogens is 2. The van der Waals surface area contributed by atoms with Gasteiger partial charge in [-0.15, -0.1) is 0 Å². The minimum Gasteiger partial charge on any atom is -0.477 e. The van der Waals surface area contributed by atoms with Crippen LogP contribution >= 0.6 is 0 Å². The highest BCUT2D eigenvalue weighted by Crippen LogP contribution is 2.30. The molecule has 0 aliphatic carbocycles. The number of carbonyl (C=O) groups is 2. The molecule has 3 heterocycles. The Morgan fingerprint density at radius 3 is 2.84 bits per heavy atom. The second-order valence-electron chi connectivity index (χ2n) is 7.60. The van der Waals surface area contributed by atoms with Gasteiger partial charge >= 0.3 is 5.97 Å². The smallest absolute Gasteiger partial charge is 0.345 e. The van der Waals surface area contributed by atoms with E-state index in [0.717, 1.165) is 23.1 Å². The summed E-state index contributed by atoms with van der Waals surface area (Å²) in [7, 11) is 3.97. The number of allylic oxidation sites excluding steroid dienone is 1. The van der Waals surface area contributed by atoms with Crippen molar-refractivity contribution in [3.05, 3.63) is 76.6 Å². The molecule has 2 aromatic heterocycles. The van der Waals surface area contributed by atoms with E-state index in [1.54, 1.807) is 18.5 Å². The number of aromatic amines is 1. The van der Waals surface area contributed by atoms with Gasteiger partial charge in [0, 0.05) is 35.6 Å². The number of nitrogens with zero attached hydrogens (tertiary/aromatic N) is 2. The molecular formula is C23H22N4O4. The molecule has 0 saturated heterocycles. The SMILES string of the molecule is Cc1cc(CN(C)C)ccc1NC1=C(C(=O)O)C(=O)/C(=C/c2c[nH]c3ncccc23)O1. The molecule has 8 heteroatoms. The first-order valence-corrected chi connectivity index (χ1v) is 9.68. The first-order chi connectivity index (χ1) is 14.8. The number of aryl methyl sites for hydroxylation is 1. The second kappa shape index (κ2) is 8.08. The lowest BCUT2D eigenvalue weighted by atomic mass is 10.1. The molecule has 158 valence electrons. The van der Waals surface area contributed by atoms with Crippen molar-refractivity contribution in [3.8, 4) is 0 Å². The zero-order chi connectivity index (χ0) is 22.1. The average Bonchev–Trinajstić information content (AvgIpc) is 3.25.